The maximum Gasteiger partial charge on any atom is 0.134 e. The van der Waals surface area contributed by atoms with Gasteiger partial charge in [-0.25, -0.2) is 4.39 Å². The van der Waals surface area contributed by atoms with Crippen LogP contribution in [-0.2, 0) is 13.2 Å². The molecule has 2 aromatic carbocycles. The van der Waals surface area contributed by atoms with Crippen LogP contribution in [0.25, 0.3) is 0 Å². The topological polar surface area (TPSA) is 21.3 Å². The lowest BCUT2D eigenvalue weighted by Gasteiger charge is -2.10. The second kappa shape index (κ2) is 7.20. The van der Waals surface area contributed by atoms with E-state index in [1.165, 1.54) is 17.7 Å². The van der Waals surface area contributed by atoms with Gasteiger partial charge in [-0.2, -0.15) is 0 Å². The molecule has 106 valence electrons. The molecule has 0 aliphatic heterocycles. The van der Waals surface area contributed by atoms with Crippen molar-refractivity contribution >= 4 is 31.9 Å². The lowest BCUT2D eigenvalue weighted by atomic mass is 10.2. The summed E-state index contributed by atoms with van der Waals surface area (Å²) in [5.74, 6) is 0.464. The predicted octanol–water partition coefficient (Wildman–Crippen LogP) is 4.65. The molecule has 0 aliphatic carbocycles. The van der Waals surface area contributed by atoms with Crippen LogP contribution in [0.2, 0.25) is 0 Å². The zero-order valence-corrected chi connectivity index (χ0v) is 14.1. The fourth-order valence-electron chi connectivity index (χ4n) is 1.83. The van der Waals surface area contributed by atoms with Crippen molar-refractivity contribution in [2.45, 2.75) is 13.2 Å². The van der Waals surface area contributed by atoms with Crippen molar-refractivity contribution in [1.29, 1.82) is 0 Å². The fourth-order valence-corrected chi connectivity index (χ4v) is 2.88. The lowest BCUT2D eigenvalue weighted by molar-refractivity contribution is 0.303. The minimum atomic E-state index is -0.276. The number of rotatable bonds is 5. The van der Waals surface area contributed by atoms with Gasteiger partial charge < -0.3 is 10.1 Å². The van der Waals surface area contributed by atoms with Crippen molar-refractivity contribution in [3.8, 4) is 5.75 Å². The van der Waals surface area contributed by atoms with Crippen LogP contribution in [0.1, 0.15) is 11.1 Å². The van der Waals surface area contributed by atoms with E-state index in [2.05, 4.69) is 37.2 Å². The molecular formula is C15H14Br2FNO. The Morgan fingerprint density at radius 3 is 2.55 bits per heavy atom. The van der Waals surface area contributed by atoms with Gasteiger partial charge >= 0.3 is 0 Å². The van der Waals surface area contributed by atoms with Crippen LogP contribution < -0.4 is 10.1 Å². The molecular weight excluding hydrogens is 389 g/mol. The molecule has 0 spiro atoms. The third-order valence-electron chi connectivity index (χ3n) is 2.69. The fraction of sp³-hybridized carbons (Fsp3) is 0.200. The van der Waals surface area contributed by atoms with E-state index >= 15 is 0 Å². The van der Waals surface area contributed by atoms with Gasteiger partial charge in [-0.15, -0.1) is 0 Å². The Kier molecular flexibility index (Phi) is 5.57. The second-order valence-electron chi connectivity index (χ2n) is 4.36. The number of ether oxygens (including phenoxy) is 1. The SMILES string of the molecule is CNCc1ccc(OCc2cc(F)cc(Br)c2)c(Br)c1. The number of nitrogens with one attached hydrogen (secondary N) is 1. The first-order valence-electron chi connectivity index (χ1n) is 6.09. The Morgan fingerprint density at radius 2 is 1.90 bits per heavy atom. The predicted molar refractivity (Wildman–Crippen MR) is 85.3 cm³/mol. The molecule has 0 saturated carbocycles. The standard InChI is InChI=1S/C15H14Br2FNO/c1-19-8-10-2-3-15(14(17)6-10)20-9-11-4-12(16)7-13(18)5-11/h2-7,19H,8-9H2,1H3. The van der Waals surface area contributed by atoms with Gasteiger partial charge in [0.05, 0.1) is 4.47 Å². The maximum absolute atomic E-state index is 13.3. The Bertz CT molecular complexity index is 584. The largest absolute Gasteiger partial charge is 0.488 e. The van der Waals surface area contributed by atoms with Gasteiger partial charge in [0.25, 0.3) is 0 Å². The average Bonchev–Trinajstić information content (AvgIpc) is 2.37. The molecule has 2 nitrogen and oxygen atoms in total. The van der Waals surface area contributed by atoms with Gasteiger partial charge in [-0.1, -0.05) is 22.0 Å². The zero-order chi connectivity index (χ0) is 14.5. The van der Waals surface area contributed by atoms with Gasteiger partial charge in [-0.3, -0.25) is 0 Å². The summed E-state index contributed by atoms with van der Waals surface area (Å²) in [5.41, 5.74) is 1.95. The van der Waals surface area contributed by atoms with Crippen LogP contribution in [0.15, 0.2) is 45.3 Å². The molecule has 5 heteroatoms. The van der Waals surface area contributed by atoms with Gasteiger partial charge in [0, 0.05) is 11.0 Å². The minimum absolute atomic E-state index is 0.276. The highest BCUT2D eigenvalue weighted by atomic mass is 79.9. The Labute approximate surface area is 134 Å². The highest BCUT2D eigenvalue weighted by molar-refractivity contribution is 9.10. The van der Waals surface area contributed by atoms with Gasteiger partial charge in [0.15, 0.2) is 0 Å². The summed E-state index contributed by atoms with van der Waals surface area (Å²) in [6.45, 7) is 1.12. The quantitative estimate of drug-likeness (QED) is 0.785. The first-order valence-corrected chi connectivity index (χ1v) is 7.68. The molecule has 20 heavy (non-hydrogen) atoms. The highest BCUT2D eigenvalue weighted by Crippen LogP contribution is 2.27. The van der Waals surface area contributed by atoms with Crippen LogP contribution in [0.5, 0.6) is 5.75 Å². The summed E-state index contributed by atoms with van der Waals surface area (Å²) in [7, 11) is 1.90. The summed E-state index contributed by atoms with van der Waals surface area (Å²) in [6.07, 6.45) is 0. The van der Waals surface area contributed by atoms with E-state index in [-0.39, 0.29) is 5.82 Å². The molecule has 0 saturated heterocycles. The molecule has 0 aromatic heterocycles. The van der Waals surface area contributed by atoms with E-state index in [1.54, 1.807) is 0 Å². The minimum Gasteiger partial charge on any atom is -0.488 e. The third kappa shape index (κ3) is 4.30. The first kappa shape index (κ1) is 15.5. The van der Waals surface area contributed by atoms with Gasteiger partial charge in [0.2, 0.25) is 0 Å². The number of benzene rings is 2. The van der Waals surface area contributed by atoms with Crippen LogP contribution >= 0.6 is 31.9 Å². The summed E-state index contributed by atoms with van der Waals surface area (Å²) in [5, 5.41) is 3.09. The molecule has 0 bridgehead atoms. The van der Waals surface area contributed by atoms with E-state index in [4.69, 9.17) is 4.74 Å². The smallest absolute Gasteiger partial charge is 0.134 e. The molecule has 2 rings (SSSR count). The van der Waals surface area contributed by atoms with E-state index in [1.807, 2.05) is 31.3 Å². The molecule has 0 aliphatic rings. The maximum atomic E-state index is 13.3. The molecule has 0 amide bonds. The van der Waals surface area contributed by atoms with Gasteiger partial charge in [-0.05, 0) is 64.4 Å². The molecule has 0 heterocycles. The number of hydrogen-bond acceptors (Lipinski definition) is 2. The van der Waals surface area contributed by atoms with Crippen LogP contribution in [0, 0.1) is 5.82 Å². The van der Waals surface area contributed by atoms with Crippen LogP contribution in [-0.4, -0.2) is 7.05 Å². The summed E-state index contributed by atoms with van der Waals surface area (Å²) in [6, 6.07) is 10.6. The van der Waals surface area contributed by atoms with Crippen molar-refractivity contribution in [2.24, 2.45) is 0 Å². The summed E-state index contributed by atoms with van der Waals surface area (Å²) < 4.78 is 20.6. The van der Waals surface area contributed by atoms with E-state index < -0.39 is 0 Å². The summed E-state index contributed by atoms with van der Waals surface area (Å²) in [4.78, 5) is 0. The zero-order valence-electron chi connectivity index (χ0n) is 10.9. The molecule has 0 unspecified atom stereocenters. The molecule has 1 N–H and O–H groups in total. The van der Waals surface area contributed by atoms with E-state index in [0.717, 1.165) is 22.3 Å². The van der Waals surface area contributed by atoms with Crippen molar-refractivity contribution < 1.29 is 9.13 Å². The van der Waals surface area contributed by atoms with Crippen molar-refractivity contribution in [1.82, 2.24) is 5.32 Å². The van der Waals surface area contributed by atoms with Crippen molar-refractivity contribution in [3.63, 3.8) is 0 Å². The van der Waals surface area contributed by atoms with Crippen molar-refractivity contribution in [3.05, 3.63) is 62.3 Å². The lowest BCUT2D eigenvalue weighted by Crippen LogP contribution is -2.05. The number of halogens is 3. The first-order chi connectivity index (χ1) is 9.58. The monoisotopic (exact) mass is 401 g/mol. The van der Waals surface area contributed by atoms with Crippen LogP contribution in [0.3, 0.4) is 0 Å². The van der Waals surface area contributed by atoms with E-state index in [9.17, 15) is 4.39 Å². The molecule has 0 fully saturated rings. The second-order valence-corrected chi connectivity index (χ2v) is 6.13. The Morgan fingerprint density at radius 1 is 1.10 bits per heavy atom. The molecule has 2 aromatic rings. The van der Waals surface area contributed by atoms with Gasteiger partial charge in [0.1, 0.15) is 18.2 Å². The van der Waals surface area contributed by atoms with Crippen LogP contribution in [0.4, 0.5) is 4.39 Å². The third-order valence-corrected chi connectivity index (χ3v) is 3.77. The van der Waals surface area contributed by atoms with Crippen molar-refractivity contribution in [2.75, 3.05) is 7.05 Å². The highest BCUT2D eigenvalue weighted by Gasteiger charge is 2.05. The normalized spacial score (nSPS) is 10.6. The number of hydrogen-bond donors (Lipinski definition) is 1. The molecule has 0 radical (unpaired) electrons. The average molecular weight is 403 g/mol. The Balaban J connectivity index is 2.06. The molecule has 0 atom stereocenters. The summed E-state index contributed by atoms with van der Waals surface area (Å²) >= 11 is 6.75. The Hall–Kier alpha value is -0.910. The van der Waals surface area contributed by atoms with E-state index in [0.29, 0.717) is 11.1 Å².